The van der Waals surface area contributed by atoms with E-state index in [0.717, 1.165) is 19.3 Å². The number of esters is 1. The van der Waals surface area contributed by atoms with Crippen LogP contribution in [-0.4, -0.2) is 36.0 Å². The summed E-state index contributed by atoms with van der Waals surface area (Å²) in [5.41, 5.74) is 0. The molecular formula is C11H15NO3. The minimum Gasteiger partial charge on any atom is -0.457 e. The summed E-state index contributed by atoms with van der Waals surface area (Å²) in [7, 11) is 1.78. The molecule has 3 unspecified atom stereocenters. The van der Waals surface area contributed by atoms with Gasteiger partial charge < -0.3 is 9.64 Å². The van der Waals surface area contributed by atoms with Crippen LogP contribution in [-0.2, 0) is 14.3 Å². The molecule has 4 nitrogen and oxygen atoms in total. The standard InChI is InChI=1S/C11H15NO3/c1-3-10(13)15-9-5-4-7-6-8(9)12(2)11(7)14/h3,7-9H,1,4-6H2,2H3. The number of likely N-dealkylation sites (tertiary alicyclic amines) is 1. The van der Waals surface area contributed by atoms with Gasteiger partial charge in [0.05, 0.1) is 6.04 Å². The van der Waals surface area contributed by atoms with E-state index in [-0.39, 0.29) is 24.0 Å². The maximum Gasteiger partial charge on any atom is 0.330 e. The molecule has 0 aromatic carbocycles. The maximum absolute atomic E-state index is 11.7. The van der Waals surface area contributed by atoms with E-state index in [9.17, 15) is 9.59 Å². The van der Waals surface area contributed by atoms with Crippen LogP contribution in [0.2, 0.25) is 0 Å². The van der Waals surface area contributed by atoms with Crippen LogP contribution in [0.3, 0.4) is 0 Å². The normalized spacial score (nSPS) is 34.1. The molecule has 2 fully saturated rings. The Hall–Kier alpha value is -1.32. The molecule has 1 aliphatic heterocycles. The Bertz CT molecular complexity index is 313. The van der Waals surface area contributed by atoms with Crippen molar-refractivity contribution in [2.75, 3.05) is 7.05 Å². The molecule has 0 radical (unpaired) electrons. The Balaban J connectivity index is 2.07. The topological polar surface area (TPSA) is 46.6 Å². The zero-order chi connectivity index (χ0) is 11.0. The lowest BCUT2D eigenvalue weighted by Gasteiger charge is -2.29. The summed E-state index contributed by atoms with van der Waals surface area (Å²) in [4.78, 5) is 24.5. The zero-order valence-electron chi connectivity index (χ0n) is 8.81. The fourth-order valence-electron chi connectivity index (χ4n) is 2.54. The van der Waals surface area contributed by atoms with Crippen LogP contribution >= 0.6 is 0 Å². The van der Waals surface area contributed by atoms with E-state index >= 15 is 0 Å². The molecule has 0 N–H and O–H groups in total. The lowest BCUT2D eigenvalue weighted by Crippen LogP contribution is -2.40. The maximum atomic E-state index is 11.7. The molecule has 15 heavy (non-hydrogen) atoms. The number of likely N-dealkylation sites (N-methyl/N-ethyl adjacent to an activating group) is 1. The number of fused-ring (bicyclic) bond motifs is 2. The minimum absolute atomic E-state index is 0.0696. The van der Waals surface area contributed by atoms with Crippen LogP contribution in [0.5, 0.6) is 0 Å². The summed E-state index contributed by atoms with van der Waals surface area (Å²) in [6.07, 6.45) is 3.45. The van der Waals surface area contributed by atoms with Crippen molar-refractivity contribution in [2.45, 2.75) is 31.4 Å². The molecule has 3 atom stereocenters. The molecular weight excluding hydrogens is 194 g/mol. The van der Waals surface area contributed by atoms with E-state index in [2.05, 4.69) is 6.58 Å². The van der Waals surface area contributed by atoms with Gasteiger partial charge in [0.2, 0.25) is 5.91 Å². The zero-order valence-corrected chi connectivity index (χ0v) is 8.81. The van der Waals surface area contributed by atoms with E-state index in [4.69, 9.17) is 4.74 Å². The third kappa shape index (κ3) is 1.64. The number of carbonyl (C=O) groups is 2. The van der Waals surface area contributed by atoms with E-state index < -0.39 is 5.97 Å². The highest BCUT2D eigenvalue weighted by molar-refractivity contribution is 5.83. The van der Waals surface area contributed by atoms with E-state index in [1.807, 2.05) is 0 Å². The van der Waals surface area contributed by atoms with Gasteiger partial charge in [-0.25, -0.2) is 4.79 Å². The van der Waals surface area contributed by atoms with Crippen molar-refractivity contribution >= 4 is 11.9 Å². The van der Waals surface area contributed by atoms with Crippen LogP contribution < -0.4 is 0 Å². The lowest BCUT2D eigenvalue weighted by atomic mass is 9.88. The molecule has 82 valence electrons. The molecule has 1 aliphatic carbocycles. The summed E-state index contributed by atoms with van der Waals surface area (Å²) in [6, 6.07) is 0.0696. The molecule has 2 aliphatic rings. The number of nitrogens with zero attached hydrogens (tertiary/aromatic N) is 1. The molecule has 0 spiro atoms. The van der Waals surface area contributed by atoms with Crippen molar-refractivity contribution in [3.63, 3.8) is 0 Å². The van der Waals surface area contributed by atoms with Crippen LogP contribution in [0.15, 0.2) is 12.7 Å². The first-order valence-electron chi connectivity index (χ1n) is 5.23. The van der Waals surface area contributed by atoms with Gasteiger partial charge in [0.15, 0.2) is 0 Å². The van der Waals surface area contributed by atoms with Crippen molar-refractivity contribution in [1.29, 1.82) is 0 Å². The van der Waals surface area contributed by atoms with Gasteiger partial charge in [0, 0.05) is 19.0 Å². The molecule has 2 rings (SSSR count). The van der Waals surface area contributed by atoms with Crippen LogP contribution in [0.25, 0.3) is 0 Å². The number of hydrogen-bond acceptors (Lipinski definition) is 3. The highest BCUT2D eigenvalue weighted by Gasteiger charge is 2.46. The first kappa shape index (κ1) is 10.2. The number of rotatable bonds is 2. The van der Waals surface area contributed by atoms with Crippen LogP contribution in [0, 0.1) is 5.92 Å². The summed E-state index contributed by atoms with van der Waals surface area (Å²) >= 11 is 0. The summed E-state index contributed by atoms with van der Waals surface area (Å²) in [5, 5.41) is 0. The molecule has 2 bridgehead atoms. The monoisotopic (exact) mass is 209 g/mol. The second kappa shape index (κ2) is 3.68. The molecule has 1 amide bonds. The predicted octanol–water partition coefficient (Wildman–Crippen LogP) is 0.725. The molecule has 1 saturated carbocycles. The average Bonchev–Trinajstić information content (AvgIpc) is 2.48. The molecule has 1 heterocycles. The van der Waals surface area contributed by atoms with Crippen molar-refractivity contribution < 1.29 is 14.3 Å². The fraction of sp³-hybridized carbons (Fsp3) is 0.636. The summed E-state index contributed by atoms with van der Waals surface area (Å²) in [6.45, 7) is 3.37. The summed E-state index contributed by atoms with van der Waals surface area (Å²) < 4.78 is 5.24. The molecule has 0 aromatic heterocycles. The Kier molecular flexibility index (Phi) is 2.50. The molecule has 0 aromatic rings. The van der Waals surface area contributed by atoms with Gasteiger partial charge in [-0.1, -0.05) is 6.58 Å². The highest BCUT2D eigenvalue weighted by Crippen LogP contribution is 2.37. The molecule has 1 saturated heterocycles. The van der Waals surface area contributed by atoms with E-state index in [0.29, 0.717) is 0 Å². The van der Waals surface area contributed by atoms with Gasteiger partial charge >= 0.3 is 5.97 Å². The number of hydrogen-bond donors (Lipinski definition) is 0. The van der Waals surface area contributed by atoms with Crippen LogP contribution in [0.4, 0.5) is 0 Å². The third-order valence-electron chi connectivity index (χ3n) is 3.38. The predicted molar refractivity (Wildman–Crippen MR) is 54.0 cm³/mol. The second-order valence-corrected chi connectivity index (χ2v) is 4.21. The number of ether oxygens (including phenoxy) is 1. The van der Waals surface area contributed by atoms with Gasteiger partial charge in [-0.3, -0.25) is 4.79 Å². The molecule has 4 heteroatoms. The van der Waals surface area contributed by atoms with Gasteiger partial charge in [-0.05, 0) is 19.3 Å². The van der Waals surface area contributed by atoms with E-state index in [1.54, 1.807) is 11.9 Å². The highest BCUT2D eigenvalue weighted by atomic mass is 16.5. The number of amides is 1. The first-order chi connectivity index (χ1) is 7.13. The van der Waals surface area contributed by atoms with Gasteiger partial charge in [-0.2, -0.15) is 0 Å². The first-order valence-corrected chi connectivity index (χ1v) is 5.23. The summed E-state index contributed by atoms with van der Waals surface area (Å²) in [5.74, 6) is -0.0537. The second-order valence-electron chi connectivity index (χ2n) is 4.21. The quantitative estimate of drug-likeness (QED) is 0.497. The van der Waals surface area contributed by atoms with Gasteiger partial charge in [0.25, 0.3) is 0 Å². The van der Waals surface area contributed by atoms with Crippen molar-refractivity contribution in [1.82, 2.24) is 4.90 Å². The van der Waals surface area contributed by atoms with Crippen molar-refractivity contribution in [3.8, 4) is 0 Å². The Labute approximate surface area is 88.9 Å². The lowest BCUT2D eigenvalue weighted by molar-refractivity contribution is -0.147. The van der Waals surface area contributed by atoms with Gasteiger partial charge in [-0.15, -0.1) is 0 Å². The third-order valence-corrected chi connectivity index (χ3v) is 3.38. The Morgan fingerprint density at radius 1 is 1.60 bits per heavy atom. The van der Waals surface area contributed by atoms with Crippen LogP contribution in [0.1, 0.15) is 19.3 Å². The SMILES string of the molecule is C=CC(=O)OC1CCC2CC1N(C)C2=O. The Morgan fingerprint density at radius 2 is 2.33 bits per heavy atom. The minimum atomic E-state index is -0.397. The van der Waals surface area contributed by atoms with E-state index in [1.165, 1.54) is 6.08 Å². The smallest absolute Gasteiger partial charge is 0.330 e. The Morgan fingerprint density at radius 3 is 3.00 bits per heavy atom. The van der Waals surface area contributed by atoms with Crippen molar-refractivity contribution in [3.05, 3.63) is 12.7 Å². The average molecular weight is 209 g/mol. The largest absolute Gasteiger partial charge is 0.457 e. The van der Waals surface area contributed by atoms with Crippen molar-refractivity contribution in [2.24, 2.45) is 5.92 Å². The van der Waals surface area contributed by atoms with Gasteiger partial charge in [0.1, 0.15) is 6.10 Å². The fourth-order valence-corrected chi connectivity index (χ4v) is 2.54. The number of carbonyl (C=O) groups excluding carboxylic acids is 2.